The summed E-state index contributed by atoms with van der Waals surface area (Å²) in [5.41, 5.74) is 0. The van der Waals surface area contributed by atoms with Crippen LogP contribution in [-0.4, -0.2) is 37.3 Å². The Morgan fingerprint density at radius 3 is 2.42 bits per heavy atom. The highest BCUT2D eigenvalue weighted by Crippen LogP contribution is 1.98. The molecule has 0 rings (SSSR count). The Hall–Kier alpha value is 0.130. The second-order valence-electron chi connectivity index (χ2n) is 1.94. The van der Waals surface area contributed by atoms with Crippen LogP contribution < -0.4 is 10.4 Å². The molecule has 0 heterocycles. The molecule has 1 N–H and O–H groups in total. The zero-order valence-corrected chi connectivity index (χ0v) is 9.53. The monoisotopic (exact) mass is 211 g/mol. The number of carboxylic acids is 1. The van der Waals surface area contributed by atoms with Gasteiger partial charge in [-0.05, 0) is 38.1 Å². The Kier molecular flexibility index (Phi) is 13.6. The average molecular weight is 211 g/mol. The Bertz CT molecular complexity index is 112. The van der Waals surface area contributed by atoms with Gasteiger partial charge in [-0.3, -0.25) is 0 Å². The Balaban J connectivity index is 0. The fourth-order valence-electron chi connectivity index (χ4n) is 0.616. The highest BCUT2D eigenvalue weighted by Gasteiger charge is 2.04. The minimum absolute atomic E-state index is 0.493. The first-order valence-electron chi connectivity index (χ1n) is 3.59. The molecule has 0 saturated heterocycles. The lowest BCUT2D eigenvalue weighted by Crippen LogP contribution is -2.44. The van der Waals surface area contributed by atoms with Gasteiger partial charge in [0, 0.05) is 6.04 Å². The van der Waals surface area contributed by atoms with Crippen LogP contribution in [0.15, 0.2) is 0 Å². The van der Waals surface area contributed by atoms with E-state index in [1.807, 2.05) is 6.26 Å². The van der Waals surface area contributed by atoms with E-state index in [-0.39, 0.29) is 0 Å². The number of carbonyl (C=O) groups is 1. The number of hydrogen-bond donors (Lipinski definition) is 1. The summed E-state index contributed by atoms with van der Waals surface area (Å²) in [6.07, 6.45) is 4.38. The minimum Gasteiger partial charge on any atom is -0.548 e. The van der Waals surface area contributed by atoms with Crippen LogP contribution in [0.2, 0.25) is 0 Å². The van der Waals surface area contributed by atoms with Crippen molar-refractivity contribution < 1.29 is 9.90 Å². The molecule has 74 valence electrons. The van der Waals surface area contributed by atoms with Crippen molar-refractivity contribution in [1.29, 1.82) is 0 Å². The topological polar surface area (TPSA) is 52.2 Å². The molecule has 0 aromatic heterocycles. The second kappa shape index (κ2) is 11.1. The Labute approximate surface area is 83.7 Å². The first kappa shape index (κ1) is 14.6. The van der Waals surface area contributed by atoms with Crippen LogP contribution in [0.4, 0.5) is 0 Å². The summed E-state index contributed by atoms with van der Waals surface area (Å²) < 4.78 is 0. The van der Waals surface area contributed by atoms with Crippen LogP contribution in [0, 0.1) is 0 Å². The molecule has 3 nitrogen and oxygen atoms in total. The number of carbonyl (C=O) groups excluding carboxylic acids is 1. The number of nitrogens with one attached hydrogen (secondary N) is 1. The minimum atomic E-state index is -1.02. The molecule has 0 aliphatic rings. The lowest BCUT2D eigenvalue weighted by atomic mass is 10.2. The lowest BCUT2D eigenvalue weighted by Gasteiger charge is -2.15. The van der Waals surface area contributed by atoms with Crippen LogP contribution in [0.25, 0.3) is 0 Å². The van der Waals surface area contributed by atoms with Crippen LogP contribution in [0.5, 0.6) is 0 Å². The average Bonchev–Trinajstić information content (AvgIpc) is 2.09. The van der Waals surface area contributed by atoms with Gasteiger partial charge in [0.2, 0.25) is 0 Å². The summed E-state index contributed by atoms with van der Waals surface area (Å²) in [6.45, 7) is 0. The number of aliphatic carboxylic acids is 1. The number of rotatable bonds is 5. The molecule has 1 atom stereocenters. The first-order valence-corrected chi connectivity index (χ1v) is 5.98. The van der Waals surface area contributed by atoms with Crippen molar-refractivity contribution >= 4 is 30.4 Å². The SMILES string of the molecule is CN[C@@H](CCSC)C(=O)[O-].C[SH2+]. The molecule has 0 saturated carbocycles. The number of hydrogen-bond acceptors (Lipinski definition) is 4. The van der Waals surface area contributed by atoms with Gasteiger partial charge in [0.05, 0.1) is 12.2 Å². The maximum atomic E-state index is 10.3. The fraction of sp³-hybridized carbons (Fsp3) is 0.857. The van der Waals surface area contributed by atoms with E-state index in [2.05, 4.69) is 17.9 Å². The number of likely N-dealkylation sites (N-methyl/N-ethyl adjacent to an activating group) is 1. The predicted octanol–water partition coefficient (Wildman–Crippen LogP) is -1.29. The van der Waals surface area contributed by atoms with Crippen molar-refractivity contribution in [2.24, 2.45) is 0 Å². The molecule has 0 unspecified atom stereocenters. The van der Waals surface area contributed by atoms with Gasteiger partial charge in [0.25, 0.3) is 0 Å². The Morgan fingerprint density at radius 2 is 2.17 bits per heavy atom. The lowest BCUT2D eigenvalue weighted by molar-refractivity contribution is -0.308. The van der Waals surface area contributed by atoms with Gasteiger partial charge in [-0.1, -0.05) is 0 Å². The van der Waals surface area contributed by atoms with E-state index in [1.165, 1.54) is 0 Å². The van der Waals surface area contributed by atoms with Gasteiger partial charge < -0.3 is 15.2 Å². The van der Waals surface area contributed by atoms with E-state index in [0.717, 1.165) is 5.75 Å². The molecule has 0 amide bonds. The summed E-state index contributed by atoms with van der Waals surface area (Å²) >= 11 is 4.60. The molecule has 12 heavy (non-hydrogen) atoms. The van der Waals surface area contributed by atoms with Crippen LogP contribution >= 0.6 is 11.8 Å². The maximum absolute atomic E-state index is 10.3. The van der Waals surface area contributed by atoms with Gasteiger partial charge in [0.1, 0.15) is 0 Å². The second-order valence-corrected chi connectivity index (χ2v) is 2.93. The Morgan fingerprint density at radius 1 is 1.67 bits per heavy atom. The molecule has 0 radical (unpaired) electrons. The third-order valence-corrected chi connectivity index (χ3v) is 1.89. The summed E-state index contributed by atoms with van der Waals surface area (Å²) in [5, 5.41) is 12.9. The molecule has 0 bridgehead atoms. The summed E-state index contributed by atoms with van der Waals surface area (Å²) in [5.74, 6) is -0.170. The maximum Gasteiger partial charge on any atom is 0.0929 e. The zero-order chi connectivity index (χ0) is 9.98. The number of thioether (sulfide) groups is 1. The molecular formula is C7H17NO2S2. The summed E-state index contributed by atoms with van der Waals surface area (Å²) in [7, 11) is 1.63. The van der Waals surface area contributed by atoms with E-state index in [0.29, 0.717) is 6.42 Å². The van der Waals surface area contributed by atoms with Crippen LogP contribution in [-0.2, 0) is 17.4 Å². The van der Waals surface area contributed by atoms with E-state index < -0.39 is 12.0 Å². The third kappa shape index (κ3) is 8.23. The van der Waals surface area contributed by atoms with Crippen LogP contribution in [0.3, 0.4) is 0 Å². The van der Waals surface area contributed by atoms with Crippen molar-refractivity contribution in [2.75, 3.05) is 25.3 Å². The third-order valence-electron chi connectivity index (χ3n) is 1.24. The summed E-state index contributed by atoms with van der Waals surface area (Å²) in [6, 6.07) is -0.493. The van der Waals surface area contributed by atoms with Crippen molar-refractivity contribution in [1.82, 2.24) is 5.32 Å². The standard InChI is InChI=1S/C6H13NO2S.CH4S/c1-7-5(6(8)9)3-4-10-2;1-2/h5,7H,3-4H2,1-2H3,(H,8,9);2H,1H3/t5-;/m0./s1. The first-order chi connectivity index (χ1) is 5.72. The molecule has 0 spiro atoms. The molecule has 0 aromatic rings. The number of carboxylic acid groups (broad SMARTS) is 1. The van der Waals surface area contributed by atoms with Gasteiger partial charge in [-0.25, -0.2) is 0 Å². The highest BCUT2D eigenvalue weighted by atomic mass is 32.2. The normalized spacial score (nSPS) is 11.3. The van der Waals surface area contributed by atoms with Gasteiger partial charge in [-0.15, -0.1) is 0 Å². The van der Waals surface area contributed by atoms with Crippen molar-refractivity contribution in [2.45, 2.75) is 12.5 Å². The van der Waals surface area contributed by atoms with Gasteiger partial charge >= 0.3 is 0 Å². The van der Waals surface area contributed by atoms with E-state index in [9.17, 15) is 9.90 Å². The fourth-order valence-corrected chi connectivity index (χ4v) is 1.09. The molecular weight excluding hydrogens is 194 g/mol. The quantitative estimate of drug-likeness (QED) is 0.575. The van der Waals surface area contributed by atoms with Crippen molar-refractivity contribution in [3.05, 3.63) is 0 Å². The van der Waals surface area contributed by atoms with E-state index in [1.54, 1.807) is 25.1 Å². The van der Waals surface area contributed by atoms with Crippen molar-refractivity contribution in [3.8, 4) is 0 Å². The summed E-state index contributed by atoms with van der Waals surface area (Å²) in [4.78, 5) is 10.3. The molecule has 0 fully saturated rings. The zero-order valence-electron chi connectivity index (χ0n) is 7.72. The molecule has 5 heteroatoms. The highest BCUT2D eigenvalue weighted by molar-refractivity contribution is 7.98. The molecule has 0 aliphatic heterocycles. The molecule has 0 aromatic carbocycles. The largest absolute Gasteiger partial charge is 0.548 e. The van der Waals surface area contributed by atoms with E-state index in [4.69, 9.17) is 0 Å². The van der Waals surface area contributed by atoms with E-state index >= 15 is 0 Å². The smallest absolute Gasteiger partial charge is 0.0929 e. The molecule has 0 aliphatic carbocycles. The van der Waals surface area contributed by atoms with Crippen LogP contribution in [0.1, 0.15) is 6.42 Å². The van der Waals surface area contributed by atoms with Gasteiger partial charge in [0.15, 0.2) is 0 Å². The van der Waals surface area contributed by atoms with Gasteiger partial charge in [-0.2, -0.15) is 11.8 Å². The van der Waals surface area contributed by atoms with Crippen molar-refractivity contribution in [3.63, 3.8) is 0 Å². The predicted molar refractivity (Wildman–Crippen MR) is 56.9 cm³/mol.